The first kappa shape index (κ1) is 22.1. The van der Waals surface area contributed by atoms with Crippen molar-refractivity contribution in [2.24, 2.45) is 0 Å². The van der Waals surface area contributed by atoms with Gasteiger partial charge in [-0.15, -0.1) is 0 Å². The Hall–Kier alpha value is -3.16. The second kappa shape index (κ2) is 9.36. The molecule has 0 aromatic heterocycles. The molecule has 2 rings (SSSR count). The first-order chi connectivity index (χ1) is 13.6. The predicted octanol–water partition coefficient (Wildman–Crippen LogP) is 1.34. The first-order valence-corrected chi connectivity index (χ1v) is 9.25. The fourth-order valence-electron chi connectivity index (χ4n) is 2.83. The average Bonchev–Trinajstić information content (AvgIpc) is 2.64. The molecule has 0 bridgehead atoms. The van der Waals surface area contributed by atoms with E-state index in [1.165, 1.54) is 4.90 Å². The molecular weight excluding hydrogens is 376 g/mol. The molecule has 0 aliphatic carbocycles. The molecule has 1 aromatic rings. The van der Waals surface area contributed by atoms with Gasteiger partial charge in [0.1, 0.15) is 23.9 Å². The van der Waals surface area contributed by atoms with Crippen molar-refractivity contribution in [3.05, 3.63) is 47.2 Å². The van der Waals surface area contributed by atoms with Crippen LogP contribution in [0.3, 0.4) is 0 Å². The number of carbonyl (C=O) groups is 4. The molecule has 1 aliphatic rings. The van der Waals surface area contributed by atoms with E-state index in [1.807, 2.05) is 30.3 Å². The number of hydrogen-bond acceptors (Lipinski definition) is 6. The third kappa shape index (κ3) is 6.17. The van der Waals surface area contributed by atoms with Crippen molar-refractivity contribution in [1.82, 2.24) is 10.2 Å². The Kier molecular flexibility index (Phi) is 7.14. The van der Waals surface area contributed by atoms with E-state index < -0.39 is 23.5 Å². The normalized spacial score (nSPS) is 17.0. The summed E-state index contributed by atoms with van der Waals surface area (Å²) < 4.78 is 10.1. The lowest BCUT2D eigenvalue weighted by Crippen LogP contribution is -2.64. The van der Waals surface area contributed by atoms with Gasteiger partial charge >= 0.3 is 5.97 Å². The molecule has 29 heavy (non-hydrogen) atoms. The highest BCUT2D eigenvalue weighted by Crippen LogP contribution is 2.24. The molecule has 0 spiro atoms. The summed E-state index contributed by atoms with van der Waals surface area (Å²) in [5, 5.41) is 2.68. The van der Waals surface area contributed by atoms with Gasteiger partial charge < -0.3 is 19.7 Å². The van der Waals surface area contributed by atoms with Crippen LogP contribution in [0.5, 0.6) is 0 Å². The molecule has 1 saturated heterocycles. The minimum Gasteiger partial charge on any atom is -0.463 e. The quantitative estimate of drug-likeness (QED) is 0.305. The number of esters is 1. The highest BCUT2D eigenvalue weighted by Gasteiger charge is 2.43. The van der Waals surface area contributed by atoms with Crippen LogP contribution in [0.4, 0.5) is 0 Å². The Morgan fingerprint density at radius 2 is 1.90 bits per heavy atom. The van der Waals surface area contributed by atoms with Gasteiger partial charge in [-0.25, -0.2) is 4.79 Å². The van der Waals surface area contributed by atoms with E-state index in [0.717, 1.165) is 5.56 Å². The Labute approximate surface area is 169 Å². The number of β-lactam (4-membered cyclic amide) rings is 1. The van der Waals surface area contributed by atoms with Crippen molar-refractivity contribution < 1.29 is 28.7 Å². The van der Waals surface area contributed by atoms with Crippen molar-refractivity contribution in [3.63, 3.8) is 0 Å². The van der Waals surface area contributed by atoms with Crippen LogP contribution in [0.25, 0.3) is 0 Å². The van der Waals surface area contributed by atoms with Crippen LogP contribution < -0.4 is 5.32 Å². The molecule has 1 aromatic carbocycles. The second-order valence-electron chi connectivity index (χ2n) is 7.77. The summed E-state index contributed by atoms with van der Waals surface area (Å²) in [5.41, 5.74) is 0.490. The Balaban J connectivity index is 2.06. The zero-order valence-corrected chi connectivity index (χ0v) is 17.1. The SMILES string of the molecule is CC(COC=O)=C(C(=O)OC(C)(C)C)N1CC(NC(=O)Cc2ccccc2)C1=O. The highest BCUT2D eigenvalue weighted by atomic mass is 16.6. The molecule has 8 heteroatoms. The number of likely N-dealkylation sites (tertiary alicyclic amines) is 1. The molecule has 8 nitrogen and oxygen atoms in total. The zero-order chi connectivity index (χ0) is 21.6. The number of nitrogens with one attached hydrogen (secondary N) is 1. The minimum absolute atomic E-state index is 0.0281. The fourth-order valence-corrected chi connectivity index (χ4v) is 2.83. The van der Waals surface area contributed by atoms with Crippen molar-refractivity contribution in [3.8, 4) is 0 Å². The summed E-state index contributed by atoms with van der Waals surface area (Å²) in [5.74, 6) is -1.39. The van der Waals surface area contributed by atoms with Gasteiger partial charge in [0.2, 0.25) is 5.91 Å². The van der Waals surface area contributed by atoms with E-state index in [4.69, 9.17) is 9.47 Å². The summed E-state index contributed by atoms with van der Waals surface area (Å²) in [7, 11) is 0. The number of carbonyl (C=O) groups excluding carboxylic acids is 4. The molecule has 2 amide bonds. The van der Waals surface area contributed by atoms with E-state index in [2.05, 4.69) is 5.32 Å². The summed E-state index contributed by atoms with van der Waals surface area (Å²) >= 11 is 0. The smallest absolute Gasteiger partial charge is 0.355 e. The molecule has 1 aliphatic heterocycles. The molecule has 1 fully saturated rings. The summed E-state index contributed by atoms with van der Waals surface area (Å²) in [4.78, 5) is 49.1. The highest BCUT2D eigenvalue weighted by molar-refractivity contribution is 6.01. The largest absolute Gasteiger partial charge is 0.463 e. The van der Waals surface area contributed by atoms with Gasteiger partial charge in [-0.3, -0.25) is 14.4 Å². The van der Waals surface area contributed by atoms with Crippen LogP contribution in [-0.2, 0) is 35.1 Å². The van der Waals surface area contributed by atoms with Gasteiger partial charge in [0.25, 0.3) is 12.4 Å². The maximum Gasteiger partial charge on any atom is 0.355 e. The van der Waals surface area contributed by atoms with Gasteiger partial charge in [-0.2, -0.15) is 0 Å². The molecule has 0 saturated carbocycles. The maximum atomic E-state index is 12.6. The minimum atomic E-state index is -0.759. The number of rotatable bonds is 8. The van der Waals surface area contributed by atoms with Crippen LogP contribution in [-0.4, -0.2) is 54.0 Å². The van der Waals surface area contributed by atoms with Crippen LogP contribution in [0.1, 0.15) is 33.3 Å². The van der Waals surface area contributed by atoms with E-state index in [9.17, 15) is 19.2 Å². The van der Waals surface area contributed by atoms with E-state index in [1.54, 1.807) is 27.7 Å². The predicted molar refractivity (Wildman–Crippen MR) is 104 cm³/mol. The molecule has 1 unspecified atom stereocenters. The number of hydrogen-bond donors (Lipinski definition) is 1. The molecule has 0 radical (unpaired) electrons. The van der Waals surface area contributed by atoms with Crippen LogP contribution >= 0.6 is 0 Å². The van der Waals surface area contributed by atoms with E-state index >= 15 is 0 Å². The van der Waals surface area contributed by atoms with Crippen molar-refractivity contribution >= 4 is 24.3 Å². The third-order valence-corrected chi connectivity index (χ3v) is 4.11. The monoisotopic (exact) mass is 402 g/mol. The van der Waals surface area contributed by atoms with Gasteiger partial charge in [0.15, 0.2) is 0 Å². The van der Waals surface area contributed by atoms with Crippen LogP contribution in [0.15, 0.2) is 41.6 Å². The van der Waals surface area contributed by atoms with E-state index in [0.29, 0.717) is 5.57 Å². The van der Waals surface area contributed by atoms with Gasteiger partial charge in [0, 0.05) is 0 Å². The summed E-state index contributed by atoms with van der Waals surface area (Å²) in [6, 6.07) is 8.46. The maximum absolute atomic E-state index is 12.6. The van der Waals surface area contributed by atoms with Gasteiger partial charge in [-0.05, 0) is 38.8 Å². The number of ether oxygens (including phenoxy) is 2. The Morgan fingerprint density at radius 3 is 2.45 bits per heavy atom. The molecule has 1 heterocycles. The zero-order valence-electron chi connectivity index (χ0n) is 17.1. The third-order valence-electron chi connectivity index (χ3n) is 4.11. The summed E-state index contributed by atoms with van der Waals surface area (Å²) in [6.45, 7) is 6.97. The van der Waals surface area contributed by atoms with Crippen molar-refractivity contribution in [2.75, 3.05) is 13.2 Å². The Morgan fingerprint density at radius 1 is 1.24 bits per heavy atom. The van der Waals surface area contributed by atoms with Crippen LogP contribution in [0.2, 0.25) is 0 Å². The number of amides is 2. The number of nitrogens with zero attached hydrogens (tertiary/aromatic N) is 1. The van der Waals surface area contributed by atoms with Gasteiger partial charge in [-0.1, -0.05) is 30.3 Å². The molecule has 1 atom stereocenters. The standard InChI is InChI=1S/C21H26N2O6/c1-14(12-28-13-24)18(20(27)29-21(2,3)4)23-11-16(19(23)26)22-17(25)10-15-8-6-5-7-9-15/h5-9,13,16H,10-12H2,1-4H3,(H,22,25). The Bertz CT molecular complexity index is 810. The first-order valence-electron chi connectivity index (χ1n) is 9.25. The fraction of sp³-hybridized carbons (Fsp3) is 0.429. The second-order valence-corrected chi connectivity index (χ2v) is 7.77. The topological polar surface area (TPSA) is 102 Å². The molecule has 1 N–H and O–H groups in total. The average molecular weight is 402 g/mol. The van der Waals surface area contributed by atoms with Crippen molar-refractivity contribution in [2.45, 2.75) is 45.8 Å². The van der Waals surface area contributed by atoms with E-state index in [-0.39, 0.29) is 37.6 Å². The number of benzene rings is 1. The van der Waals surface area contributed by atoms with Crippen molar-refractivity contribution in [1.29, 1.82) is 0 Å². The lowest BCUT2D eigenvalue weighted by molar-refractivity contribution is -0.158. The lowest BCUT2D eigenvalue weighted by atomic mass is 10.0. The molecule has 156 valence electrons. The van der Waals surface area contributed by atoms with Crippen LogP contribution in [0, 0.1) is 0 Å². The van der Waals surface area contributed by atoms with Gasteiger partial charge in [0.05, 0.1) is 13.0 Å². The molecular formula is C21H26N2O6. The lowest BCUT2D eigenvalue weighted by Gasteiger charge is -2.40. The summed E-state index contributed by atoms with van der Waals surface area (Å²) in [6.07, 6.45) is 0.158.